The first-order valence-electron chi connectivity index (χ1n) is 22.9. The molecule has 70 heavy (non-hydrogen) atoms. The summed E-state index contributed by atoms with van der Waals surface area (Å²) in [4.78, 5) is 14.1. The van der Waals surface area contributed by atoms with Gasteiger partial charge in [0.1, 0.15) is 45.5 Å². The summed E-state index contributed by atoms with van der Waals surface area (Å²) in [5, 5.41) is 9.34. The minimum atomic E-state index is 0.622. The van der Waals surface area contributed by atoms with Gasteiger partial charge in [0, 0.05) is 56.9 Å². The Labute approximate surface area is 418 Å². The Morgan fingerprint density at radius 1 is 0.514 bits per heavy atom. The summed E-state index contributed by atoms with van der Waals surface area (Å²) in [5.74, 6) is 4.81. The molecule has 0 aliphatic rings. The van der Waals surface area contributed by atoms with E-state index in [0.29, 0.717) is 24.4 Å². The van der Waals surface area contributed by atoms with Crippen LogP contribution >= 0.6 is 15.9 Å². The lowest BCUT2D eigenvalue weighted by Gasteiger charge is -2.26. The standard InChI is InChI=1S/C33H32N4O3.C24H24BrN3O2/c1-5-26-16-25(19-34)10-15-32(26)40-29-17-30-33(35-22-36(30)2)31(18-29)37(20-23-6-11-27(38-3)12-7-23)21-24-8-13-28(39-4)14-9-24;1-27-16-26-24-22(27)12-19(25)13-23(24)28(14-17-4-8-20(29-2)9-5-17)15-18-6-10-21(30-3)11-7-18/h6-18,22H,5,20-21H2,1-4H3;4-13,16H,14-15H2,1-3H3. The van der Waals surface area contributed by atoms with Crippen LogP contribution in [0.3, 0.4) is 0 Å². The van der Waals surface area contributed by atoms with Crippen molar-refractivity contribution in [3.8, 4) is 40.6 Å². The van der Waals surface area contributed by atoms with Gasteiger partial charge in [-0.05, 0) is 113 Å². The molecule has 0 radical (unpaired) electrons. The normalized spacial score (nSPS) is 10.8. The van der Waals surface area contributed by atoms with Crippen LogP contribution in [-0.2, 0) is 46.7 Å². The Hall–Kier alpha value is -7.95. The summed E-state index contributed by atoms with van der Waals surface area (Å²) in [6.07, 6.45) is 4.45. The molecule has 0 amide bonds. The van der Waals surface area contributed by atoms with Crippen LogP contribution < -0.4 is 33.5 Å². The van der Waals surface area contributed by atoms with Crippen molar-refractivity contribution in [3.63, 3.8) is 0 Å². The highest BCUT2D eigenvalue weighted by molar-refractivity contribution is 9.10. The van der Waals surface area contributed by atoms with Crippen LogP contribution in [0.2, 0.25) is 0 Å². The Morgan fingerprint density at radius 2 is 0.914 bits per heavy atom. The van der Waals surface area contributed by atoms with Gasteiger partial charge < -0.3 is 42.6 Å². The topological polar surface area (TPSA) is 112 Å². The van der Waals surface area contributed by atoms with Gasteiger partial charge in [0.25, 0.3) is 0 Å². The average molecular weight is 999 g/mol. The van der Waals surface area contributed by atoms with Gasteiger partial charge >= 0.3 is 0 Å². The van der Waals surface area contributed by atoms with Gasteiger partial charge in [-0.15, -0.1) is 0 Å². The summed E-state index contributed by atoms with van der Waals surface area (Å²) >= 11 is 3.68. The van der Waals surface area contributed by atoms with Crippen LogP contribution in [0.1, 0.15) is 40.3 Å². The molecule has 0 unspecified atom stereocenters. The molecule has 0 saturated carbocycles. The second kappa shape index (κ2) is 22.4. The number of nitrogens with zero attached hydrogens (tertiary/aromatic N) is 7. The highest BCUT2D eigenvalue weighted by Crippen LogP contribution is 2.37. The van der Waals surface area contributed by atoms with Crippen molar-refractivity contribution in [2.45, 2.75) is 39.5 Å². The zero-order valence-corrected chi connectivity index (χ0v) is 42.1. The molecule has 0 spiro atoms. The summed E-state index contributed by atoms with van der Waals surface area (Å²) in [6.45, 7) is 4.87. The van der Waals surface area contributed by atoms with Crippen molar-refractivity contribution >= 4 is 49.4 Å². The maximum atomic E-state index is 9.34. The molecule has 0 N–H and O–H groups in total. The van der Waals surface area contributed by atoms with Crippen molar-refractivity contribution < 1.29 is 23.7 Å². The molecule has 2 aromatic heterocycles. The molecule has 0 fully saturated rings. The quantitative estimate of drug-likeness (QED) is 0.0874. The summed E-state index contributed by atoms with van der Waals surface area (Å²) in [6, 6.07) is 48.7. The molecule has 0 atom stereocenters. The molecule has 7 aromatic carbocycles. The third kappa shape index (κ3) is 11.5. The number of hydrogen-bond acceptors (Lipinski definition) is 10. The minimum absolute atomic E-state index is 0.622. The number of aryl methyl sites for hydroxylation is 3. The average Bonchev–Trinajstić information content (AvgIpc) is 3.97. The lowest BCUT2D eigenvalue weighted by atomic mass is 10.1. The monoisotopic (exact) mass is 997 g/mol. The van der Waals surface area contributed by atoms with Crippen molar-refractivity contribution in [3.05, 3.63) is 190 Å². The van der Waals surface area contributed by atoms with Crippen LogP contribution in [0.15, 0.2) is 157 Å². The molecule has 0 bridgehead atoms. The third-order valence-corrected chi connectivity index (χ3v) is 12.6. The molecule has 13 heteroatoms. The maximum Gasteiger partial charge on any atom is 0.131 e. The number of benzene rings is 7. The number of methoxy groups -OCH3 is 4. The van der Waals surface area contributed by atoms with Gasteiger partial charge in [-0.3, -0.25) is 0 Å². The molecule has 0 aliphatic heterocycles. The first kappa shape index (κ1) is 48.5. The van der Waals surface area contributed by atoms with E-state index < -0.39 is 0 Å². The van der Waals surface area contributed by atoms with Crippen LogP contribution in [-0.4, -0.2) is 47.5 Å². The smallest absolute Gasteiger partial charge is 0.131 e. The number of anilines is 2. The van der Waals surface area contributed by atoms with E-state index in [1.54, 1.807) is 34.5 Å². The second-order valence-corrected chi connectivity index (χ2v) is 17.7. The number of halogens is 1. The fraction of sp³-hybridized carbons (Fsp3) is 0.211. The van der Waals surface area contributed by atoms with Gasteiger partial charge in [-0.1, -0.05) is 71.4 Å². The predicted octanol–water partition coefficient (Wildman–Crippen LogP) is 12.6. The van der Waals surface area contributed by atoms with E-state index in [0.717, 1.165) is 103 Å². The zero-order valence-electron chi connectivity index (χ0n) is 40.5. The lowest BCUT2D eigenvalue weighted by molar-refractivity contribution is 0.414. The molecule has 0 saturated heterocycles. The van der Waals surface area contributed by atoms with E-state index in [4.69, 9.17) is 28.7 Å². The van der Waals surface area contributed by atoms with Gasteiger partial charge in [-0.2, -0.15) is 5.26 Å². The first-order valence-corrected chi connectivity index (χ1v) is 23.7. The Kier molecular flexibility index (Phi) is 15.5. The summed E-state index contributed by atoms with van der Waals surface area (Å²) in [7, 11) is 10.7. The zero-order chi connectivity index (χ0) is 49.1. The highest BCUT2D eigenvalue weighted by atomic mass is 79.9. The van der Waals surface area contributed by atoms with E-state index >= 15 is 0 Å². The summed E-state index contributed by atoms with van der Waals surface area (Å²) < 4.78 is 32.9. The van der Waals surface area contributed by atoms with Crippen LogP contribution in [0.25, 0.3) is 22.1 Å². The van der Waals surface area contributed by atoms with Crippen molar-refractivity contribution in [2.24, 2.45) is 14.1 Å². The molecular formula is C57H56BrN7O5. The van der Waals surface area contributed by atoms with Gasteiger partial charge in [0.2, 0.25) is 0 Å². The number of nitriles is 1. The number of hydrogen-bond donors (Lipinski definition) is 0. The van der Waals surface area contributed by atoms with Crippen LogP contribution in [0, 0.1) is 11.3 Å². The lowest BCUT2D eigenvalue weighted by Crippen LogP contribution is -2.22. The van der Waals surface area contributed by atoms with Gasteiger partial charge in [0.15, 0.2) is 0 Å². The van der Waals surface area contributed by atoms with E-state index in [1.807, 2.05) is 103 Å². The number of fused-ring (bicyclic) bond motifs is 2. The molecule has 9 rings (SSSR count). The highest BCUT2D eigenvalue weighted by Gasteiger charge is 2.20. The van der Waals surface area contributed by atoms with Crippen molar-refractivity contribution in [1.29, 1.82) is 5.26 Å². The van der Waals surface area contributed by atoms with E-state index in [-0.39, 0.29) is 0 Å². The molecule has 9 aromatic rings. The Bertz CT molecular complexity index is 3120. The number of ether oxygens (including phenoxy) is 5. The maximum absolute atomic E-state index is 9.34. The van der Waals surface area contributed by atoms with E-state index in [2.05, 4.69) is 110 Å². The van der Waals surface area contributed by atoms with Crippen LogP contribution in [0.4, 0.5) is 11.4 Å². The Balaban J connectivity index is 0.000000196. The van der Waals surface area contributed by atoms with E-state index in [9.17, 15) is 5.26 Å². The predicted molar refractivity (Wildman–Crippen MR) is 281 cm³/mol. The molecule has 12 nitrogen and oxygen atoms in total. The number of rotatable bonds is 17. The molecule has 2 heterocycles. The SMILES string of the molecule is CCc1cc(C#N)ccc1Oc1cc(N(Cc2ccc(OC)cc2)Cc2ccc(OC)cc2)c2ncn(C)c2c1.COc1ccc(CN(Cc2ccc(OC)cc2)c2cc(Br)cc3c2ncn3C)cc1. The largest absolute Gasteiger partial charge is 0.497 e. The molecular weight excluding hydrogens is 943 g/mol. The fourth-order valence-electron chi connectivity index (χ4n) is 8.32. The molecule has 0 aliphatic carbocycles. The fourth-order valence-corrected chi connectivity index (χ4v) is 8.75. The van der Waals surface area contributed by atoms with Crippen molar-refractivity contribution in [1.82, 2.24) is 19.1 Å². The Morgan fingerprint density at radius 3 is 1.30 bits per heavy atom. The van der Waals surface area contributed by atoms with Gasteiger partial charge in [-0.25, -0.2) is 9.97 Å². The second-order valence-electron chi connectivity index (χ2n) is 16.8. The number of aromatic nitrogens is 4. The van der Waals surface area contributed by atoms with E-state index in [1.165, 1.54) is 11.1 Å². The third-order valence-electron chi connectivity index (χ3n) is 12.2. The first-order chi connectivity index (χ1) is 34.1. The number of imidazole rings is 2. The minimum Gasteiger partial charge on any atom is -0.497 e. The summed E-state index contributed by atoms with van der Waals surface area (Å²) in [5.41, 5.74) is 12.3. The van der Waals surface area contributed by atoms with Gasteiger partial charge in [0.05, 0.1) is 75.1 Å². The van der Waals surface area contributed by atoms with Crippen LogP contribution in [0.5, 0.6) is 34.5 Å². The molecule has 356 valence electrons. The van der Waals surface area contributed by atoms with Crippen molar-refractivity contribution in [2.75, 3.05) is 38.2 Å².